The van der Waals surface area contributed by atoms with Crippen molar-refractivity contribution in [2.75, 3.05) is 26.3 Å². The largest absolute Gasteiger partial charge is 0.396 e. The lowest BCUT2D eigenvalue weighted by molar-refractivity contribution is 0.278. The van der Waals surface area contributed by atoms with Crippen LogP contribution in [0.5, 0.6) is 0 Å². The Morgan fingerprint density at radius 2 is 0.920 bits per heavy atom. The molecule has 0 aromatic carbocycles. The molecule has 0 radical (unpaired) electrons. The molecule has 2 atom stereocenters. The van der Waals surface area contributed by atoms with Gasteiger partial charge in [0, 0.05) is 25.3 Å². The predicted octanol–water partition coefficient (Wildman–Crippen LogP) is -1.00. The molecule has 156 valence electrons. The van der Waals surface area contributed by atoms with E-state index < -0.39 is 10.4 Å². The molecule has 0 aliphatic heterocycles. The summed E-state index contributed by atoms with van der Waals surface area (Å²) in [6.07, 6.45) is 7.40. The van der Waals surface area contributed by atoms with Crippen LogP contribution < -0.4 is 22.9 Å². The lowest BCUT2D eigenvalue weighted by Gasteiger charge is -2.08. The minimum absolute atomic E-state index is 0.232. The first-order valence-corrected chi connectivity index (χ1v) is 9.84. The number of nitrogens with two attached hydrogens (primary N) is 4. The number of aliphatic hydroxyl groups is 2. The van der Waals surface area contributed by atoms with E-state index in [9.17, 15) is 0 Å². The first kappa shape index (κ1) is 29.4. The van der Waals surface area contributed by atoms with Crippen LogP contribution in [0.2, 0.25) is 0 Å². The van der Waals surface area contributed by atoms with Crippen LogP contribution in [0.25, 0.3) is 0 Å². The smallest absolute Gasteiger partial charge is 0.394 e. The zero-order chi connectivity index (χ0) is 20.1. The Morgan fingerprint density at radius 3 is 1.12 bits per heavy atom. The first-order chi connectivity index (χ1) is 11.6. The third-order valence-electron chi connectivity index (χ3n) is 3.02. The molecule has 0 spiro atoms. The van der Waals surface area contributed by atoms with Crippen molar-refractivity contribution in [2.24, 2.45) is 22.9 Å². The van der Waals surface area contributed by atoms with Crippen molar-refractivity contribution in [3.63, 3.8) is 0 Å². The second kappa shape index (κ2) is 21.7. The Bertz CT molecular complexity index is 304. The van der Waals surface area contributed by atoms with E-state index in [1.807, 2.05) is 0 Å². The summed E-state index contributed by atoms with van der Waals surface area (Å²) in [6.45, 7) is 1.92. The van der Waals surface area contributed by atoms with E-state index in [4.69, 9.17) is 50.7 Å². The van der Waals surface area contributed by atoms with Gasteiger partial charge < -0.3 is 33.1 Å². The summed E-state index contributed by atoms with van der Waals surface area (Å²) in [4.78, 5) is 0. The van der Waals surface area contributed by atoms with E-state index in [-0.39, 0.29) is 25.3 Å². The first-order valence-electron chi connectivity index (χ1n) is 8.45. The molecule has 0 aliphatic carbocycles. The lowest BCUT2D eigenvalue weighted by Crippen LogP contribution is -2.21. The van der Waals surface area contributed by atoms with Gasteiger partial charge in [-0.05, 0) is 64.5 Å². The van der Waals surface area contributed by atoms with Gasteiger partial charge >= 0.3 is 10.4 Å². The molecular formula is C14H38N4O6S. The molecule has 12 N–H and O–H groups in total. The summed E-state index contributed by atoms with van der Waals surface area (Å²) >= 11 is 0. The number of hydrogen-bond donors (Lipinski definition) is 8. The standard InChI is InChI=1S/2C7H18N2O.H2O4S/c2*8-5-1-3-7(9)4-2-6-10;1-5(2,3)4/h2*7,10H,1-6,8-9H2;(H2,1,2,3,4). The van der Waals surface area contributed by atoms with Gasteiger partial charge in [0.2, 0.25) is 0 Å². The molecule has 0 aromatic rings. The van der Waals surface area contributed by atoms with E-state index in [1.54, 1.807) is 0 Å². The van der Waals surface area contributed by atoms with Crippen LogP contribution in [0.15, 0.2) is 0 Å². The average Bonchev–Trinajstić information content (AvgIpc) is 2.53. The molecular weight excluding hydrogens is 352 g/mol. The maximum Gasteiger partial charge on any atom is 0.394 e. The highest BCUT2D eigenvalue weighted by Gasteiger charge is 2.00. The van der Waals surface area contributed by atoms with E-state index in [1.165, 1.54) is 0 Å². The van der Waals surface area contributed by atoms with Crippen LogP contribution in [0.3, 0.4) is 0 Å². The maximum absolute atomic E-state index is 8.74. The Balaban J connectivity index is -0.000000308. The molecule has 11 heteroatoms. The molecule has 0 fully saturated rings. The molecule has 2 unspecified atom stereocenters. The fraction of sp³-hybridized carbons (Fsp3) is 1.00. The van der Waals surface area contributed by atoms with E-state index in [0.717, 1.165) is 51.4 Å². The monoisotopic (exact) mass is 390 g/mol. The number of rotatable bonds is 12. The van der Waals surface area contributed by atoms with Crippen LogP contribution in [0.4, 0.5) is 0 Å². The van der Waals surface area contributed by atoms with Crippen LogP contribution >= 0.6 is 0 Å². The van der Waals surface area contributed by atoms with Gasteiger partial charge in [0.25, 0.3) is 0 Å². The molecule has 0 saturated carbocycles. The average molecular weight is 391 g/mol. The highest BCUT2D eigenvalue weighted by Crippen LogP contribution is 2.00. The van der Waals surface area contributed by atoms with Gasteiger partial charge in [0.1, 0.15) is 0 Å². The molecule has 0 aromatic heterocycles. The quantitative estimate of drug-likeness (QED) is 0.190. The van der Waals surface area contributed by atoms with Gasteiger partial charge in [0.15, 0.2) is 0 Å². The van der Waals surface area contributed by atoms with Crippen LogP contribution in [-0.2, 0) is 10.4 Å². The van der Waals surface area contributed by atoms with Crippen molar-refractivity contribution in [1.29, 1.82) is 0 Å². The number of hydrogen-bond acceptors (Lipinski definition) is 8. The summed E-state index contributed by atoms with van der Waals surface area (Å²) in [5.74, 6) is 0. The van der Waals surface area contributed by atoms with Crippen molar-refractivity contribution in [1.82, 2.24) is 0 Å². The predicted molar refractivity (Wildman–Crippen MR) is 99.3 cm³/mol. The summed E-state index contributed by atoms with van der Waals surface area (Å²) in [7, 11) is -4.67. The van der Waals surface area contributed by atoms with Crippen molar-refractivity contribution < 1.29 is 27.7 Å². The van der Waals surface area contributed by atoms with Gasteiger partial charge in [-0.25, -0.2) is 0 Å². The van der Waals surface area contributed by atoms with Gasteiger partial charge in [0.05, 0.1) is 0 Å². The topological polar surface area (TPSA) is 219 Å². The second-order valence-electron chi connectivity index (χ2n) is 5.56. The number of aliphatic hydroxyl groups excluding tert-OH is 2. The van der Waals surface area contributed by atoms with E-state index in [2.05, 4.69) is 0 Å². The highest BCUT2D eigenvalue weighted by atomic mass is 32.3. The molecule has 25 heavy (non-hydrogen) atoms. The zero-order valence-corrected chi connectivity index (χ0v) is 15.8. The van der Waals surface area contributed by atoms with Crippen molar-refractivity contribution >= 4 is 10.4 Å². The normalized spacial score (nSPS) is 13.1. The summed E-state index contributed by atoms with van der Waals surface area (Å²) in [5, 5.41) is 16.9. The van der Waals surface area contributed by atoms with Crippen molar-refractivity contribution in [3.05, 3.63) is 0 Å². The molecule has 0 saturated heterocycles. The highest BCUT2D eigenvalue weighted by molar-refractivity contribution is 7.79. The van der Waals surface area contributed by atoms with Crippen LogP contribution in [0.1, 0.15) is 51.4 Å². The molecule has 0 heterocycles. The van der Waals surface area contributed by atoms with Gasteiger partial charge in [-0.15, -0.1) is 0 Å². The van der Waals surface area contributed by atoms with Crippen molar-refractivity contribution in [2.45, 2.75) is 63.5 Å². The van der Waals surface area contributed by atoms with Gasteiger partial charge in [-0.3, -0.25) is 9.11 Å². The maximum atomic E-state index is 8.74. The molecule has 0 amide bonds. The van der Waals surface area contributed by atoms with Crippen LogP contribution in [-0.4, -0.2) is 66.1 Å². The summed E-state index contributed by atoms with van der Waals surface area (Å²) in [6, 6.07) is 0.464. The fourth-order valence-electron chi connectivity index (χ4n) is 1.76. The molecule has 0 rings (SSSR count). The molecule has 0 bridgehead atoms. The Hall–Kier alpha value is -0.370. The van der Waals surface area contributed by atoms with Gasteiger partial charge in [-0.1, -0.05) is 0 Å². The van der Waals surface area contributed by atoms with Crippen molar-refractivity contribution in [3.8, 4) is 0 Å². The minimum Gasteiger partial charge on any atom is -0.396 e. The Morgan fingerprint density at radius 1 is 0.680 bits per heavy atom. The summed E-state index contributed by atoms with van der Waals surface area (Å²) in [5.41, 5.74) is 22.0. The van der Waals surface area contributed by atoms with E-state index in [0.29, 0.717) is 13.1 Å². The third kappa shape index (κ3) is 45.3. The van der Waals surface area contributed by atoms with E-state index >= 15 is 0 Å². The minimum atomic E-state index is -4.67. The van der Waals surface area contributed by atoms with Crippen LogP contribution in [0, 0.1) is 0 Å². The second-order valence-corrected chi connectivity index (χ2v) is 6.46. The zero-order valence-electron chi connectivity index (χ0n) is 15.0. The Kier molecular flexibility index (Phi) is 25.5. The Labute approximate surface area is 151 Å². The SMILES string of the molecule is NCCCC(N)CCCO.NCCCC(N)CCCO.O=S(=O)(O)O. The molecule has 0 aliphatic rings. The fourth-order valence-corrected chi connectivity index (χ4v) is 1.76. The van der Waals surface area contributed by atoms with Gasteiger partial charge in [-0.2, -0.15) is 8.42 Å². The molecule has 10 nitrogen and oxygen atoms in total. The summed E-state index contributed by atoms with van der Waals surface area (Å²) < 4.78 is 31.6. The lowest BCUT2D eigenvalue weighted by atomic mass is 10.1. The third-order valence-corrected chi connectivity index (χ3v) is 3.02.